The first-order valence-electron chi connectivity index (χ1n) is 7.23. The first-order chi connectivity index (χ1) is 10.7. The minimum atomic E-state index is -0.183. The van der Waals surface area contributed by atoms with E-state index >= 15 is 0 Å². The summed E-state index contributed by atoms with van der Waals surface area (Å²) < 4.78 is 5.21. The number of nitrogens with one attached hydrogen (secondary N) is 1. The number of nitrogens with zero attached hydrogens (tertiary/aromatic N) is 1. The summed E-state index contributed by atoms with van der Waals surface area (Å²) in [6, 6.07) is 5.71. The van der Waals surface area contributed by atoms with Gasteiger partial charge in [0.15, 0.2) is 0 Å². The van der Waals surface area contributed by atoms with Crippen molar-refractivity contribution >= 4 is 33.1 Å². The molecule has 3 aromatic heterocycles. The maximum absolute atomic E-state index is 12.3. The van der Waals surface area contributed by atoms with Crippen LogP contribution in [0.3, 0.4) is 0 Å². The topological polar surface area (TPSA) is 81.2 Å². The molecule has 3 heterocycles. The second-order valence-electron chi connectivity index (χ2n) is 5.41. The lowest BCUT2D eigenvalue weighted by molar-refractivity contribution is 0.0953. The van der Waals surface area contributed by atoms with Gasteiger partial charge in [0.05, 0.1) is 18.5 Å². The molecule has 112 valence electrons. The van der Waals surface area contributed by atoms with Crippen LogP contribution in [0.4, 0.5) is 5.69 Å². The number of anilines is 1. The average Bonchev–Trinajstić information content (AvgIpc) is 3.23. The lowest BCUT2D eigenvalue weighted by Crippen LogP contribution is -2.22. The Morgan fingerprint density at radius 3 is 3.18 bits per heavy atom. The van der Waals surface area contributed by atoms with E-state index in [1.54, 1.807) is 12.3 Å². The average molecular weight is 313 g/mol. The van der Waals surface area contributed by atoms with Gasteiger partial charge in [-0.2, -0.15) is 0 Å². The summed E-state index contributed by atoms with van der Waals surface area (Å²) in [5.41, 5.74) is 9.11. The van der Waals surface area contributed by atoms with Crippen LogP contribution in [-0.4, -0.2) is 10.9 Å². The molecular formula is C16H15N3O2S. The van der Waals surface area contributed by atoms with Crippen molar-refractivity contribution < 1.29 is 9.21 Å². The third-order valence-electron chi connectivity index (χ3n) is 3.96. The van der Waals surface area contributed by atoms with Crippen molar-refractivity contribution in [2.75, 3.05) is 5.73 Å². The molecule has 6 heteroatoms. The monoisotopic (exact) mass is 313 g/mol. The minimum Gasteiger partial charge on any atom is -0.467 e. The van der Waals surface area contributed by atoms with Crippen LogP contribution in [0.25, 0.3) is 10.2 Å². The number of pyridine rings is 1. The standard InChI is InChI=1S/C16H15N3O2S/c17-13-11-7-9-3-1-5-12(9)19-16(11)22-14(13)15(20)18-8-10-4-2-6-21-10/h2,4,6-7H,1,3,5,8,17H2,(H,18,20). The summed E-state index contributed by atoms with van der Waals surface area (Å²) in [6.07, 6.45) is 4.80. The number of carbonyl (C=O) groups is 1. The van der Waals surface area contributed by atoms with E-state index in [0.29, 0.717) is 22.9 Å². The number of nitrogens with two attached hydrogens (primary N) is 1. The number of amides is 1. The second-order valence-corrected chi connectivity index (χ2v) is 6.41. The summed E-state index contributed by atoms with van der Waals surface area (Å²) in [5.74, 6) is 0.530. The maximum Gasteiger partial charge on any atom is 0.263 e. The van der Waals surface area contributed by atoms with Crippen LogP contribution in [-0.2, 0) is 19.4 Å². The molecule has 22 heavy (non-hydrogen) atoms. The highest BCUT2D eigenvalue weighted by molar-refractivity contribution is 7.21. The molecule has 0 radical (unpaired) electrons. The number of carbonyl (C=O) groups excluding carboxylic acids is 1. The van der Waals surface area contributed by atoms with Crippen LogP contribution < -0.4 is 11.1 Å². The molecule has 0 fully saturated rings. The van der Waals surface area contributed by atoms with E-state index in [4.69, 9.17) is 10.2 Å². The summed E-state index contributed by atoms with van der Waals surface area (Å²) in [6.45, 7) is 0.351. The number of furan rings is 1. The van der Waals surface area contributed by atoms with Gasteiger partial charge in [-0.05, 0) is 43.0 Å². The predicted octanol–water partition coefficient (Wildman–Crippen LogP) is 2.89. The zero-order valence-electron chi connectivity index (χ0n) is 11.9. The van der Waals surface area contributed by atoms with Crippen molar-refractivity contribution in [1.29, 1.82) is 0 Å². The number of fused-ring (bicyclic) bond motifs is 2. The number of thiophene rings is 1. The lowest BCUT2D eigenvalue weighted by Gasteiger charge is -2.02. The fourth-order valence-corrected chi connectivity index (χ4v) is 3.84. The maximum atomic E-state index is 12.3. The van der Waals surface area contributed by atoms with E-state index in [1.165, 1.54) is 16.9 Å². The fourth-order valence-electron chi connectivity index (χ4n) is 2.83. The Kier molecular flexibility index (Phi) is 3.11. The van der Waals surface area contributed by atoms with Crippen molar-refractivity contribution in [3.63, 3.8) is 0 Å². The van der Waals surface area contributed by atoms with Crippen LogP contribution in [0.15, 0.2) is 28.9 Å². The normalized spacial score (nSPS) is 13.5. The highest BCUT2D eigenvalue weighted by atomic mass is 32.1. The molecule has 0 unspecified atom stereocenters. The summed E-state index contributed by atoms with van der Waals surface area (Å²) in [5, 5.41) is 3.73. The Labute approximate surface area is 131 Å². The molecule has 1 aliphatic carbocycles. The van der Waals surface area contributed by atoms with Crippen LogP contribution >= 0.6 is 11.3 Å². The number of nitrogen functional groups attached to an aromatic ring is 1. The van der Waals surface area contributed by atoms with Crippen molar-refractivity contribution in [3.8, 4) is 0 Å². The summed E-state index contributed by atoms with van der Waals surface area (Å²) in [7, 11) is 0. The molecule has 0 saturated heterocycles. The molecule has 3 aromatic rings. The van der Waals surface area contributed by atoms with E-state index in [-0.39, 0.29) is 5.91 Å². The van der Waals surface area contributed by atoms with Crippen molar-refractivity contribution in [2.24, 2.45) is 0 Å². The molecule has 0 saturated carbocycles. The number of hydrogen-bond acceptors (Lipinski definition) is 5. The Morgan fingerprint density at radius 2 is 2.36 bits per heavy atom. The van der Waals surface area contributed by atoms with E-state index in [2.05, 4.69) is 16.4 Å². The second kappa shape index (κ2) is 5.14. The molecule has 1 aliphatic rings. The highest BCUT2D eigenvalue weighted by Gasteiger charge is 2.21. The molecule has 3 N–H and O–H groups in total. The zero-order chi connectivity index (χ0) is 15.1. The molecule has 0 aromatic carbocycles. The van der Waals surface area contributed by atoms with Crippen LogP contribution in [0, 0.1) is 0 Å². The van der Waals surface area contributed by atoms with Gasteiger partial charge < -0.3 is 15.5 Å². The summed E-state index contributed by atoms with van der Waals surface area (Å²) >= 11 is 1.36. The third-order valence-corrected chi connectivity index (χ3v) is 5.07. The molecule has 0 spiro atoms. The Morgan fingerprint density at radius 1 is 1.45 bits per heavy atom. The molecule has 4 rings (SSSR count). The van der Waals surface area contributed by atoms with Gasteiger partial charge in [-0.3, -0.25) is 4.79 Å². The van der Waals surface area contributed by atoms with Crippen molar-refractivity contribution in [2.45, 2.75) is 25.8 Å². The van der Waals surface area contributed by atoms with Crippen molar-refractivity contribution in [3.05, 3.63) is 46.4 Å². The number of rotatable bonds is 3. The molecule has 0 aliphatic heterocycles. The minimum absolute atomic E-state index is 0.183. The number of aryl methyl sites for hydroxylation is 2. The summed E-state index contributed by atoms with van der Waals surface area (Å²) in [4.78, 5) is 18.4. The predicted molar refractivity (Wildman–Crippen MR) is 85.9 cm³/mol. The fraction of sp³-hybridized carbons (Fsp3) is 0.250. The van der Waals surface area contributed by atoms with E-state index in [9.17, 15) is 4.79 Å². The largest absolute Gasteiger partial charge is 0.467 e. The quantitative estimate of drug-likeness (QED) is 0.779. The molecule has 0 atom stereocenters. The van der Waals surface area contributed by atoms with E-state index < -0.39 is 0 Å². The molecule has 1 amide bonds. The Balaban J connectivity index is 1.64. The van der Waals surface area contributed by atoms with Gasteiger partial charge in [0.25, 0.3) is 5.91 Å². The first-order valence-corrected chi connectivity index (χ1v) is 8.05. The molecular weight excluding hydrogens is 298 g/mol. The SMILES string of the molecule is Nc1c(C(=O)NCc2ccco2)sc2nc3c(cc12)CCC3. The zero-order valence-corrected chi connectivity index (χ0v) is 12.7. The van der Waals surface area contributed by atoms with Crippen LogP contribution in [0.1, 0.15) is 33.1 Å². The van der Waals surface area contributed by atoms with Gasteiger partial charge >= 0.3 is 0 Å². The van der Waals surface area contributed by atoms with E-state index in [1.807, 2.05) is 6.07 Å². The van der Waals surface area contributed by atoms with Gasteiger partial charge in [-0.15, -0.1) is 11.3 Å². The van der Waals surface area contributed by atoms with Gasteiger partial charge in [0, 0.05) is 11.1 Å². The number of aromatic nitrogens is 1. The van der Waals surface area contributed by atoms with Crippen LogP contribution in [0.2, 0.25) is 0 Å². The van der Waals surface area contributed by atoms with Gasteiger partial charge in [-0.1, -0.05) is 0 Å². The number of hydrogen-bond donors (Lipinski definition) is 2. The Hall–Kier alpha value is -2.34. The molecule has 5 nitrogen and oxygen atoms in total. The first kappa shape index (κ1) is 13.3. The highest BCUT2D eigenvalue weighted by Crippen LogP contribution is 2.35. The van der Waals surface area contributed by atoms with Gasteiger partial charge in [0.2, 0.25) is 0 Å². The van der Waals surface area contributed by atoms with Gasteiger partial charge in [-0.25, -0.2) is 4.98 Å². The van der Waals surface area contributed by atoms with E-state index in [0.717, 1.165) is 35.2 Å². The Bertz CT molecular complexity index is 852. The molecule has 0 bridgehead atoms. The van der Waals surface area contributed by atoms with Crippen molar-refractivity contribution in [1.82, 2.24) is 10.3 Å². The smallest absolute Gasteiger partial charge is 0.263 e. The third kappa shape index (κ3) is 2.16. The van der Waals surface area contributed by atoms with Gasteiger partial charge in [0.1, 0.15) is 15.5 Å². The van der Waals surface area contributed by atoms with Crippen LogP contribution in [0.5, 0.6) is 0 Å². The lowest BCUT2D eigenvalue weighted by atomic mass is 10.1.